The maximum atomic E-state index is 12.5. The van der Waals surface area contributed by atoms with E-state index < -0.39 is 12.1 Å². The van der Waals surface area contributed by atoms with Gasteiger partial charge in [-0.25, -0.2) is 9.78 Å². The highest BCUT2D eigenvalue weighted by molar-refractivity contribution is 6.29. The molecule has 6 heteroatoms. The molecule has 0 bridgehead atoms. The fourth-order valence-corrected chi connectivity index (χ4v) is 2.83. The van der Waals surface area contributed by atoms with Crippen LogP contribution in [0.25, 0.3) is 0 Å². The van der Waals surface area contributed by atoms with Crippen LogP contribution in [0.3, 0.4) is 0 Å². The number of ether oxygens (including phenoxy) is 1. The average molecular weight is 345 g/mol. The summed E-state index contributed by atoms with van der Waals surface area (Å²) in [4.78, 5) is 30.2. The molecule has 0 aliphatic carbocycles. The number of hydrogen-bond acceptors (Lipinski definition) is 4. The van der Waals surface area contributed by atoms with E-state index in [2.05, 4.69) is 11.1 Å². The molecular weight excluding hydrogens is 328 g/mol. The number of pyridine rings is 1. The van der Waals surface area contributed by atoms with E-state index in [1.807, 2.05) is 18.2 Å². The van der Waals surface area contributed by atoms with E-state index in [1.54, 1.807) is 11.8 Å². The number of nitrogens with zero attached hydrogens (tertiary/aromatic N) is 2. The number of carbonyl (C=O) groups excluding carboxylic acids is 2. The van der Waals surface area contributed by atoms with Gasteiger partial charge in [-0.1, -0.05) is 35.9 Å². The first-order valence-corrected chi connectivity index (χ1v) is 8.10. The molecule has 0 saturated carbocycles. The molecule has 2 heterocycles. The number of benzene rings is 1. The summed E-state index contributed by atoms with van der Waals surface area (Å²) in [6.07, 6.45) is 1.29. The molecule has 0 fully saturated rings. The van der Waals surface area contributed by atoms with Crippen LogP contribution in [0.15, 0.2) is 42.6 Å². The molecule has 0 unspecified atom stereocenters. The van der Waals surface area contributed by atoms with E-state index in [0.29, 0.717) is 18.2 Å². The smallest absolute Gasteiger partial charge is 0.340 e. The second-order valence-electron chi connectivity index (χ2n) is 5.70. The zero-order chi connectivity index (χ0) is 17.1. The minimum atomic E-state index is -0.849. The molecule has 5 nitrogen and oxygen atoms in total. The maximum absolute atomic E-state index is 12.5. The van der Waals surface area contributed by atoms with Gasteiger partial charge in [-0.05, 0) is 36.6 Å². The molecule has 1 aliphatic heterocycles. The van der Waals surface area contributed by atoms with Gasteiger partial charge in [0.1, 0.15) is 5.15 Å². The van der Waals surface area contributed by atoms with Crippen LogP contribution in [-0.2, 0) is 22.5 Å². The van der Waals surface area contributed by atoms with Gasteiger partial charge in [0.05, 0.1) is 5.56 Å². The number of amides is 1. The summed E-state index contributed by atoms with van der Waals surface area (Å²) in [5.41, 5.74) is 2.67. The molecule has 1 aliphatic rings. The zero-order valence-electron chi connectivity index (χ0n) is 13.2. The van der Waals surface area contributed by atoms with Gasteiger partial charge in [-0.2, -0.15) is 0 Å². The predicted octanol–water partition coefficient (Wildman–Crippen LogP) is 2.87. The maximum Gasteiger partial charge on any atom is 0.340 e. The normalized spacial score (nSPS) is 14.7. The minimum absolute atomic E-state index is 0.195. The molecule has 2 aromatic rings. The Morgan fingerprint density at radius 3 is 2.67 bits per heavy atom. The van der Waals surface area contributed by atoms with Crippen LogP contribution in [0.2, 0.25) is 5.15 Å². The van der Waals surface area contributed by atoms with Crippen molar-refractivity contribution in [3.05, 3.63) is 64.4 Å². The highest BCUT2D eigenvalue weighted by Crippen LogP contribution is 2.19. The molecule has 0 N–H and O–H groups in total. The van der Waals surface area contributed by atoms with Crippen molar-refractivity contribution in [2.45, 2.75) is 26.0 Å². The van der Waals surface area contributed by atoms with Crippen molar-refractivity contribution in [3.63, 3.8) is 0 Å². The van der Waals surface area contributed by atoms with Gasteiger partial charge in [0.2, 0.25) is 0 Å². The summed E-state index contributed by atoms with van der Waals surface area (Å²) < 4.78 is 5.27. The molecular formula is C18H17ClN2O3. The van der Waals surface area contributed by atoms with E-state index >= 15 is 0 Å². The zero-order valence-corrected chi connectivity index (χ0v) is 14.0. The molecule has 3 rings (SSSR count). The fraction of sp³-hybridized carbons (Fsp3) is 0.278. The second-order valence-corrected chi connectivity index (χ2v) is 6.08. The van der Waals surface area contributed by atoms with E-state index in [4.69, 9.17) is 16.3 Å². The Morgan fingerprint density at radius 1 is 1.21 bits per heavy atom. The van der Waals surface area contributed by atoms with Gasteiger partial charge in [0, 0.05) is 19.3 Å². The van der Waals surface area contributed by atoms with Gasteiger partial charge >= 0.3 is 5.97 Å². The van der Waals surface area contributed by atoms with E-state index in [9.17, 15) is 9.59 Å². The van der Waals surface area contributed by atoms with E-state index in [1.165, 1.54) is 23.9 Å². The molecule has 0 saturated heterocycles. The van der Waals surface area contributed by atoms with E-state index in [-0.39, 0.29) is 11.5 Å². The van der Waals surface area contributed by atoms with Crippen molar-refractivity contribution in [1.82, 2.24) is 9.88 Å². The van der Waals surface area contributed by atoms with Crippen LogP contribution in [0.1, 0.15) is 28.4 Å². The van der Waals surface area contributed by atoms with Crippen LogP contribution in [-0.4, -0.2) is 34.4 Å². The second kappa shape index (κ2) is 7.01. The van der Waals surface area contributed by atoms with Crippen molar-refractivity contribution in [2.24, 2.45) is 0 Å². The summed E-state index contributed by atoms with van der Waals surface area (Å²) >= 11 is 5.69. The summed E-state index contributed by atoms with van der Waals surface area (Å²) in [5.74, 6) is -0.780. The standard InChI is InChI=1S/C18H17ClN2O3/c1-12(24-18(23)14-6-7-16(19)20-10-14)17(22)21-9-8-13-4-2-3-5-15(13)11-21/h2-7,10,12H,8-9,11H2,1H3/t12-/m0/s1. The number of aromatic nitrogens is 1. The number of fused-ring (bicyclic) bond motifs is 1. The monoisotopic (exact) mass is 344 g/mol. The first-order chi connectivity index (χ1) is 11.5. The molecule has 124 valence electrons. The Morgan fingerprint density at radius 2 is 1.96 bits per heavy atom. The molecule has 0 spiro atoms. The third-order valence-electron chi connectivity index (χ3n) is 4.04. The van der Waals surface area contributed by atoms with Crippen LogP contribution in [0.4, 0.5) is 0 Å². The Bertz CT molecular complexity index is 761. The summed E-state index contributed by atoms with van der Waals surface area (Å²) in [6, 6.07) is 11.1. The SMILES string of the molecule is C[C@H](OC(=O)c1ccc(Cl)nc1)C(=O)N1CCc2ccccc2C1. The Labute approximate surface area is 145 Å². The van der Waals surface area contributed by atoms with Crippen LogP contribution < -0.4 is 0 Å². The molecule has 1 aromatic heterocycles. The lowest BCUT2D eigenvalue weighted by Crippen LogP contribution is -2.42. The summed E-state index contributed by atoms with van der Waals surface area (Å²) in [7, 11) is 0. The minimum Gasteiger partial charge on any atom is -0.449 e. The first-order valence-electron chi connectivity index (χ1n) is 7.72. The molecule has 1 amide bonds. The van der Waals surface area contributed by atoms with Crippen molar-refractivity contribution in [1.29, 1.82) is 0 Å². The van der Waals surface area contributed by atoms with Gasteiger partial charge < -0.3 is 9.64 Å². The predicted molar refractivity (Wildman–Crippen MR) is 89.7 cm³/mol. The number of rotatable bonds is 3. The Hall–Kier alpha value is -2.40. The number of carbonyl (C=O) groups is 2. The van der Waals surface area contributed by atoms with Gasteiger partial charge in [0.15, 0.2) is 6.10 Å². The molecule has 0 radical (unpaired) electrons. The number of hydrogen-bond donors (Lipinski definition) is 0. The lowest BCUT2D eigenvalue weighted by molar-refractivity contribution is -0.140. The summed E-state index contributed by atoms with van der Waals surface area (Å²) in [6.45, 7) is 2.75. The van der Waals surface area contributed by atoms with Gasteiger partial charge in [-0.15, -0.1) is 0 Å². The van der Waals surface area contributed by atoms with Crippen molar-refractivity contribution < 1.29 is 14.3 Å². The van der Waals surface area contributed by atoms with Crippen LogP contribution in [0, 0.1) is 0 Å². The third kappa shape index (κ3) is 3.57. The fourth-order valence-electron chi connectivity index (χ4n) is 2.72. The lowest BCUT2D eigenvalue weighted by Gasteiger charge is -2.30. The van der Waals surface area contributed by atoms with E-state index in [0.717, 1.165) is 12.0 Å². The largest absolute Gasteiger partial charge is 0.449 e. The molecule has 24 heavy (non-hydrogen) atoms. The number of esters is 1. The first kappa shape index (κ1) is 16.5. The highest BCUT2D eigenvalue weighted by Gasteiger charge is 2.27. The van der Waals surface area contributed by atoms with Crippen molar-refractivity contribution >= 4 is 23.5 Å². The van der Waals surface area contributed by atoms with Crippen LogP contribution >= 0.6 is 11.6 Å². The van der Waals surface area contributed by atoms with Gasteiger partial charge in [0.25, 0.3) is 5.91 Å². The number of halogens is 1. The van der Waals surface area contributed by atoms with Gasteiger partial charge in [-0.3, -0.25) is 4.79 Å². The lowest BCUT2D eigenvalue weighted by atomic mass is 9.99. The highest BCUT2D eigenvalue weighted by atomic mass is 35.5. The quantitative estimate of drug-likeness (QED) is 0.634. The van der Waals surface area contributed by atoms with Crippen molar-refractivity contribution in [3.8, 4) is 0 Å². The average Bonchev–Trinajstić information content (AvgIpc) is 2.61. The van der Waals surface area contributed by atoms with Crippen LogP contribution in [0.5, 0.6) is 0 Å². The topological polar surface area (TPSA) is 59.5 Å². The van der Waals surface area contributed by atoms with Crippen molar-refractivity contribution in [2.75, 3.05) is 6.54 Å². The molecule has 1 aromatic carbocycles. The Balaban J connectivity index is 1.63. The third-order valence-corrected chi connectivity index (χ3v) is 4.26. The molecule has 1 atom stereocenters. The summed E-state index contributed by atoms with van der Waals surface area (Å²) in [5, 5.41) is 0.294. The Kier molecular flexibility index (Phi) is 4.81.